The van der Waals surface area contributed by atoms with Gasteiger partial charge in [0.15, 0.2) is 0 Å². The van der Waals surface area contributed by atoms with E-state index in [1.807, 2.05) is 97.1 Å². The Labute approximate surface area is 378 Å². The Kier molecular flexibility index (Phi) is 12.8. The highest BCUT2D eigenvalue weighted by molar-refractivity contribution is 6.30. The molecule has 0 saturated heterocycles. The van der Waals surface area contributed by atoms with Gasteiger partial charge < -0.3 is 33.7 Å². The molecule has 326 valence electrons. The average molecular weight is 865 g/mol. The number of hydrogen-bond acceptors (Lipinski definition) is 8. The lowest BCUT2D eigenvalue weighted by atomic mass is 9.99. The average Bonchev–Trinajstić information content (AvgIpc) is 4.02. The minimum absolute atomic E-state index is 0.193. The molecule has 0 fully saturated rings. The molecule has 0 saturated carbocycles. The number of carbonyl (C=O) groups is 3. The van der Waals surface area contributed by atoms with Crippen molar-refractivity contribution in [3.8, 4) is 40.0 Å². The summed E-state index contributed by atoms with van der Waals surface area (Å²) in [6.07, 6.45) is 4.44. The number of nitriles is 1. The quantitative estimate of drug-likeness (QED) is 0.0702. The summed E-state index contributed by atoms with van der Waals surface area (Å²) in [5.41, 5.74) is 8.72. The summed E-state index contributed by atoms with van der Waals surface area (Å²) >= 11 is 0. The number of ether oxygens (including phenoxy) is 2. The largest absolute Gasteiger partial charge is 0.497 e. The fourth-order valence-corrected chi connectivity index (χ4v) is 8.25. The van der Waals surface area contributed by atoms with Gasteiger partial charge >= 0.3 is 5.97 Å². The predicted molar refractivity (Wildman–Crippen MR) is 252 cm³/mol. The maximum atomic E-state index is 14.7. The number of fused-ring (bicyclic) bond motifs is 1. The van der Waals surface area contributed by atoms with E-state index in [-0.39, 0.29) is 17.6 Å². The van der Waals surface area contributed by atoms with Crippen LogP contribution in [0.15, 0.2) is 155 Å². The predicted octanol–water partition coefficient (Wildman–Crippen LogP) is 11.5. The molecule has 1 aromatic heterocycles. The Balaban J connectivity index is 1.13. The second-order valence-corrected chi connectivity index (χ2v) is 15.7. The molecule has 0 bridgehead atoms. The van der Waals surface area contributed by atoms with E-state index in [4.69, 9.17) is 13.9 Å². The molecule has 0 spiro atoms. The fraction of sp³-hybridized carbons (Fsp3) is 0.185. The number of methoxy groups -OCH3 is 2. The number of carbonyl (C=O) groups excluding carboxylic acids is 2. The minimum atomic E-state index is -1.34. The summed E-state index contributed by atoms with van der Waals surface area (Å²) in [5.74, 6) is 0.526. The lowest BCUT2D eigenvalue weighted by molar-refractivity contribution is -0.132. The molecule has 0 radical (unpaired) electrons. The van der Waals surface area contributed by atoms with E-state index in [0.29, 0.717) is 52.5 Å². The van der Waals surface area contributed by atoms with Crippen molar-refractivity contribution in [3.63, 3.8) is 0 Å². The molecule has 0 aliphatic carbocycles. The SMILES string of the molecule is CCCCN1C(=O)C2=C(c3ccc(-c4ccc(/C=C(/C#N)C(=O)O)o4)cc3)N(CCCC)C(=O)C2=C1c1ccc(-c2ccc(N(c3ccc(OC)cc3)c3ccc(OC)cc3)cc2)cc1. The van der Waals surface area contributed by atoms with Crippen LogP contribution in [-0.2, 0) is 14.4 Å². The van der Waals surface area contributed by atoms with E-state index < -0.39 is 11.5 Å². The molecule has 5 aromatic carbocycles. The van der Waals surface area contributed by atoms with Crippen molar-refractivity contribution < 1.29 is 33.4 Å². The Morgan fingerprint density at radius 1 is 0.615 bits per heavy atom. The van der Waals surface area contributed by atoms with E-state index in [2.05, 4.69) is 43.0 Å². The normalized spacial score (nSPS) is 13.7. The lowest BCUT2D eigenvalue weighted by Gasteiger charge is -2.26. The zero-order valence-electron chi connectivity index (χ0n) is 36.7. The Morgan fingerprint density at radius 2 is 1.02 bits per heavy atom. The summed E-state index contributed by atoms with van der Waals surface area (Å²) < 4.78 is 16.7. The van der Waals surface area contributed by atoms with Crippen molar-refractivity contribution in [2.45, 2.75) is 39.5 Å². The van der Waals surface area contributed by atoms with Crippen LogP contribution in [0.25, 0.3) is 39.9 Å². The minimum Gasteiger partial charge on any atom is -0.497 e. The molecule has 2 aliphatic rings. The van der Waals surface area contributed by atoms with Crippen molar-refractivity contribution in [3.05, 3.63) is 167 Å². The number of hydrogen-bond donors (Lipinski definition) is 1. The molecule has 8 rings (SSSR count). The second-order valence-electron chi connectivity index (χ2n) is 15.7. The Morgan fingerprint density at radius 3 is 1.42 bits per heavy atom. The first-order valence-electron chi connectivity index (χ1n) is 21.6. The fourth-order valence-electron chi connectivity index (χ4n) is 8.25. The van der Waals surface area contributed by atoms with E-state index in [9.17, 15) is 24.8 Å². The van der Waals surface area contributed by atoms with E-state index in [1.165, 1.54) is 6.08 Å². The van der Waals surface area contributed by atoms with Crippen LogP contribution in [0.5, 0.6) is 11.5 Å². The van der Waals surface area contributed by atoms with Crippen molar-refractivity contribution in [1.29, 1.82) is 5.26 Å². The zero-order chi connectivity index (χ0) is 45.6. The number of benzene rings is 5. The van der Waals surface area contributed by atoms with Crippen LogP contribution in [0.3, 0.4) is 0 Å². The molecule has 2 aliphatic heterocycles. The molecule has 11 heteroatoms. The summed E-state index contributed by atoms with van der Waals surface area (Å²) in [7, 11) is 3.31. The number of nitrogens with zero attached hydrogens (tertiary/aromatic N) is 4. The first-order chi connectivity index (χ1) is 31.7. The Bertz CT molecular complexity index is 2820. The zero-order valence-corrected chi connectivity index (χ0v) is 36.7. The topological polar surface area (TPSA) is 137 Å². The molecule has 0 atom stereocenters. The third-order valence-electron chi connectivity index (χ3n) is 11.6. The highest BCUT2D eigenvalue weighted by atomic mass is 16.5. The van der Waals surface area contributed by atoms with Gasteiger partial charge in [-0.15, -0.1) is 0 Å². The molecule has 65 heavy (non-hydrogen) atoms. The van der Waals surface area contributed by atoms with Crippen molar-refractivity contribution in [2.75, 3.05) is 32.2 Å². The first-order valence-corrected chi connectivity index (χ1v) is 21.6. The highest BCUT2D eigenvalue weighted by Crippen LogP contribution is 2.47. The molecular formula is C54H48N4O7. The number of furan rings is 1. The van der Waals surface area contributed by atoms with Gasteiger partial charge in [-0.1, -0.05) is 87.4 Å². The van der Waals surface area contributed by atoms with Gasteiger partial charge in [0.05, 0.1) is 36.8 Å². The number of carboxylic acids is 1. The number of aliphatic carboxylic acids is 1. The van der Waals surface area contributed by atoms with E-state index in [1.54, 1.807) is 42.2 Å². The molecule has 0 unspecified atom stereocenters. The molecular weight excluding hydrogens is 817 g/mol. The van der Waals surface area contributed by atoms with E-state index in [0.717, 1.165) is 70.9 Å². The lowest BCUT2D eigenvalue weighted by Crippen LogP contribution is -2.31. The van der Waals surface area contributed by atoms with Gasteiger partial charge in [0.2, 0.25) is 0 Å². The van der Waals surface area contributed by atoms with Gasteiger partial charge in [0.25, 0.3) is 11.8 Å². The maximum absolute atomic E-state index is 14.7. The van der Waals surface area contributed by atoms with Crippen LogP contribution in [-0.4, -0.2) is 60.0 Å². The smallest absolute Gasteiger partial charge is 0.346 e. The summed E-state index contributed by atoms with van der Waals surface area (Å²) in [6.45, 7) is 5.08. The summed E-state index contributed by atoms with van der Waals surface area (Å²) in [6, 6.07) is 44.7. The third kappa shape index (κ3) is 8.67. The van der Waals surface area contributed by atoms with E-state index >= 15 is 0 Å². The molecule has 6 aromatic rings. The monoisotopic (exact) mass is 864 g/mol. The molecule has 3 heterocycles. The summed E-state index contributed by atoms with van der Waals surface area (Å²) in [4.78, 5) is 46.4. The van der Waals surface area contributed by atoms with Crippen LogP contribution in [0.2, 0.25) is 0 Å². The van der Waals surface area contributed by atoms with Crippen LogP contribution >= 0.6 is 0 Å². The van der Waals surface area contributed by atoms with Gasteiger partial charge in [-0.25, -0.2) is 4.79 Å². The van der Waals surface area contributed by atoms with Gasteiger partial charge in [0.1, 0.15) is 34.7 Å². The number of anilines is 3. The molecule has 2 amide bonds. The van der Waals surface area contributed by atoms with Crippen LogP contribution in [0.4, 0.5) is 17.1 Å². The Hall–Kier alpha value is -8.10. The van der Waals surface area contributed by atoms with Crippen LogP contribution in [0.1, 0.15) is 56.4 Å². The molecule has 11 nitrogen and oxygen atoms in total. The van der Waals surface area contributed by atoms with Crippen LogP contribution in [0, 0.1) is 11.3 Å². The first kappa shape index (κ1) is 43.5. The van der Waals surface area contributed by atoms with Crippen molar-refractivity contribution in [2.24, 2.45) is 0 Å². The standard InChI is InChI=1S/C54H48N4O7/c1-5-7-31-56-50(38-13-9-35(10-14-38)36-17-19-41(20-18-36)58(42-21-25-44(63-3)26-22-42)43-23-27-45(64-4)28-24-43)48-49(53(56)60)51(57(52(48)59)32-8-6-2)39-15-11-37(12-16-39)47-30-29-46(65-47)33-40(34-55)54(61)62/h9-30,33H,5-8,31-32H2,1-4H3,(H,61,62)/b40-33-. The van der Waals surface area contributed by atoms with Crippen LogP contribution < -0.4 is 14.4 Å². The molecule has 1 N–H and O–H groups in total. The number of carboxylic acid groups (broad SMARTS) is 1. The number of rotatable bonds is 17. The van der Waals surface area contributed by atoms with Gasteiger partial charge in [-0.3, -0.25) is 9.59 Å². The van der Waals surface area contributed by atoms with Gasteiger partial charge in [-0.2, -0.15) is 5.26 Å². The van der Waals surface area contributed by atoms with Crippen molar-refractivity contribution >= 4 is 52.3 Å². The second kappa shape index (κ2) is 19.1. The highest BCUT2D eigenvalue weighted by Gasteiger charge is 2.48. The maximum Gasteiger partial charge on any atom is 0.346 e. The van der Waals surface area contributed by atoms with Gasteiger partial charge in [-0.05, 0) is 108 Å². The number of amides is 2. The summed E-state index contributed by atoms with van der Waals surface area (Å²) in [5, 5.41) is 18.4. The van der Waals surface area contributed by atoms with Crippen molar-refractivity contribution in [1.82, 2.24) is 9.80 Å². The van der Waals surface area contributed by atoms with Gasteiger partial charge in [0, 0.05) is 41.8 Å². The third-order valence-corrected chi connectivity index (χ3v) is 11.6. The number of unbranched alkanes of at least 4 members (excludes halogenated alkanes) is 2.